The van der Waals surface area contributed by atoms with Crippen molar-refractivity contribution >= 4 is 0 Å². The molecule has 2 heteroatoms. The van der Waals surface area contributed by atoms with Crippen LogP contribution in [0.2, 0.25) is 0 Å². The Labute approximate surface area is 198 Å². The molecule has 0 saturated heterocycles. The zero-order chi connectivity index (χ0) is 23.1. The molecule has 1 N–H and O–H groups in total. The smallest absolute Gasteiger partial charge is 0.0638 e. The molecule has 12 atom stereocenters. The van der Waals surface area contributed by atoms with Crippen LogP contribution in [0.3, 0.4) is 0 Å². The molecule has 0 unspecified atom stereocenters. The van der Waals surface area contributed by atoms with Gasteiger partial charge in [-0.05, 0) is 116 Å². The van der Waals surface area contributed by atoms with Crippen LogP contribution in [0.5, 0.6) is 0 Å². The highest BCUT2D eigenvalue weighted by Gasteiger charge is 2.77. The SMILES string of the molecule is CC[C@@H](C(C)C)[C@H](O)C[C@@H](C)[C@H]1CC[C@H]2[C@@H]3C[C@@H](OC)[C@]45C[C@H]4CC[C@]5(C)[C@H]3CC[C@]12C. The quantitative estimate of drug-likeness (QED) is 0.445. The van der Waals surface area contributed by atoms with Crippen molar-refractivity contribution in [3.05, 3.63) is 0 Å². The van der Waals surface area contributed by atoms with Gasteiger partial charge in [-0.15, -0.1) is 0 Å². The third-order valence-electron chi connectivity index (χ3n) is 13.0. The minimum Gasteiger partial charge on any atom is -0.393 e. The molecule has 5 aliphatic carbocycles. The third-order valence-corrected chi connectivity index (χ3v) is 13.0. The Bertz CT molecular complexity index is 703. The van der Waals surface area contributed by atoms with Crippen LogP contribution in [-0.2, 0) is 4.74 Å². The number of hydrogen-bond acceptors (Lipinski definition) is 2. The van der Waals surface area contributed by atoms with Crippen LogP contribution in [0.1, 0.15) is 106 Å². The predicted octanol–water partition coefficient (Wildman–Crippen LogP) is 7.34. The fraction of sp³-hybridized carbons (Fsp3) is 1.00. The molecule has 0 heterocycles. The second-order valence-electron chi connectivity index (χ2n) is 14.1. The summed E-state index contributed by atoms with van der Waals surface area (Å²) in [6, 6.07) is 0. The summed E-state index contributed by atoms with van der Waals surface area (Å²) in [5.41, 5.74) is 1.55. The topological polar surface area (TPSA) is 29.5 Å². The second kappa shape index (κ2) is 7.97. The standard InChI is InChI=1S/C30H52O2/c1-8-21(18(2)3)26(31)15-19(4)23-9-10-24-22-16-27(32-7)30-17-20(30)11-14-29(30,6)25(22)12-13-28(23,24)5/h18-27,31H,8-17H2,1-7H3/t19-,20-,21+,22+,23-,24+,25+,26-,27-,28-,29-,30+/m1/s1. The van der Waals surface area contributed by atoms with Crippen molar-refractivity contribution in [3.63, 3.8) is 0 Å². The van der Waals surface area contributed by atoms with E-state index in [1.165, 1.54) is 51.4 Å². The van der Waals surface area contributed by atoms with E-state index in [9.17, 15) is 5.11 Å². The van der Waals surface area contributed by atoms with Gasteiger partial charge in [0.15, 0.2) is 0 Å². The van der Waals surface area contributed by atoms with E-state index >= 15 is 0 Å². The molecule has 2 nitrogen and oxygen atoms in total. The molecule has 0 aromatic rings. The van der Waals surface area contributed by atoms with Gasteiger partial charge in [0.2, 0.25) is 0 Å². The lowest BCUT2D eigenvalue weighted by Crippen LogP contribution is -2.57. The van der Waals surface area contributed by atoms with Gasteiger partial charge in [0, 0.05) is 12.5 Å². The molecule has 0 aromatic heterocycles. The first-order chi connectivity index (χ1) is 15.1. The van der Waals surface area contributed by atoms with Crippen LogP contribution in [0.25, 0.3) is 0 Å². The number of methoxy groups -OCH3 is 1. The van der Waals surface area contributed by atoms with Gasteiger partial charge in [-0.3, -0.25) is 0 Å². The highest BCUT2D eigenvalue weighted by atomic mass is 16.5. The Morgan fingerprint density at radius 2 is 1.75 bits per heavy atom. The van der Waals surface area contributed by atoms with Crippen molar-refractivity contribution < 1.29 is 9.84 Å². The van der Waals surface area contributed by atoms with Gasteiger partial charge >= 0.3 is 0 Å². The predicted molar refractivity (Wildman–Crippen MR) is 132 cm³/mol. The highest BCUT2D eigenvalue weighted by Crippen LogP contribution is 2.82. The molecule has 5 rings (SSSR count). The molecular weight excluding hydrogens is 392 g/mol. The van der Waals surface area contributed by atoms with Gasteiger partial charge in [0.25, 0.3) is 0 Å². The molecule has 0 radical (unpaired) electrons. The van der Waals surface area contributed by atoms with Gasteiger partial charge in [0.05, 0.1) is 12.2 Å². The average molecular weight is 445 g/mol. The van der Waals surface area contributed by atoms with Crippen molar-refractivity contribution in [2.24, 2.45) is 63.6 Å². The maximum atomic E-state index is 11.1. The lowest BCUT2D eigenvalue weighted by molar-refractivity contribution is -0.161. The van der Waals surface area contributed by atoms with E-state index in [2.05, 4.69) is 41.5 Å². The number of ether oxygens (including phenoxy) is 1. The van der Waals surface area contributed by atoms with Crippen LogP contribution in [0.15, 0.2) is 0 Å². The fourth-order valence-electron chi connectivity index (χ4n) is 11.5. The molecule has 0 amide bonds. The maximum absolute atomic E-state index is 11.1. The summed E-state index contributed by atoms with van der Waals surface area (Å²) in [6.07, 6.45) is 13.9. The number of fused-ring (bicyclic) bond motifs is 4. The maximum Gasteiger partial charge on any atom is 0.0638 e. The summed E-state index contributed by atoms with van der Waals surface area (Å²) in [6.45, 7) is 14.6. The lowest BCUT2D eigenvalue weighted by atomic mass is 9.45. The van der Waals surface area contributed by atoms with Gasteiger partial charge in [0.1, 0.15) is 0 Å². The Morgan fingerprint density at radius 1 is 1.00 bits per heavy atom. The third kappa shape index (κ3) is 3.03. The van der Waals surface area contributed by atoms with Crippen molar-refractivity contribution in [3.8, 4) is 0 Å². The van der Waals surface area contributed by atoms with E-state index in [0.717, 1.165) is 42.4 Å². The van der Waals surface area contributed by atoms with E-state index in [1.54, 1.807) is 0 Å². The number of aliphatic hydroxyl groups excluding tert-OH is 1. The molecule has 5 aliphatic rings. The summed E-state index contributed by atoms with van der Waals surface area (Å²) in [5.74, 6) is 6.09. The first-order valence-corrected chi connectivity index (χ1v) is 14.3. The molecule has 184 valence electrons. The molecule has 0 bridgehead atoms. The molecule has 1 spiro atoms. The highest BCUT2D eigenvalue weighted by molar-refractivity contribution is 5.26. The minimum atomic E-state index is -0.134. The molecule has 5 saturated carbocycles. The van der Waals surface area contributed by atoms with E-state index in [-0.39, 0.29) is 6.10 Å². The zero-order valence-corrected chi connectivity index (χ0v) is 22.2. The zero-order valence-electron chi connectivity index (χ0n) is 22.2. The van der Waals surface area contributed by atoms with Gasteiger partial charge in [-0.1, -0.05) is 48.0 Å². The van der Waals surface area contributed by atoms with Crippen LogP contribution in [0, 0.1) is 63.6 Å². The van der Waals surface area contributed by atoms with Crippen LogP contribution in [-0.4, -0.2) is 24.4 Å². The van der Waals surface area contributed by atoms with Crippen LogP contribution < -0.4 is 0 Å². The molecule has 0 aliphatic heterocycles. The van der Waals surface area contributed by atoms with E-state index in [0.29, 0.717) is 40.1 Å². The Balaban J connectivity index is 1.35. The summed E-state index contributed by atoms with van der Waals surface area (Å²) in [7, 11) is 2.01. The van der Waals surface area contributed by atoms with Crippen molar-refractivity contribution in [2.75, 3.05) is 7.11 Å². The van der Waals surface area contributed by atoms with Gasteiger partial charge < -0.3 is 9.84 Å². The monoisotopic (exact) mass is 444 g/mol. The van der Waals surface area contributed by atoms with E-state index in [4.69, 9.17) is 4.74 Å². The summed E-state index contributed by atoms with van der Waals surface area (Å²) >= 11 is 0. The molecule has 0 aromatic carbocycles. The van der Waals surface area contributed by atoms with E-state index in [1.807, 2.05) is 7.11 Å². The fourth-order valence-corrected chi connectivity index (χ4v) is 11.5. The van der Waals surface area contributed by atoms with Crippen molar-refractivity contribution in [1.29, 1.82) is 0 Å². The van der Waals surface area contributed by atoms with Crippen molar-refractivity contribution in [1.82, 2.24) is 0 Å². The Morgan fingerprint density at radius 3 is 2.38 bits per heavy atom. The first-order valence-electron chi connectivity index (χ1n) is 14.3. The number of rotatable bonds is 7. The molecule has 5 fully saturated rings. The van der Waals surface area contributed by atoms with Crippen molar-refractivity contribution in [2.45, 2.75) is 118 Å². The lowest BCUT2D eigenvalue weighted by Gasteiger charge is -2.61. The van der Waals surface area contributed by atoms with Gasteiger partial charge in [-0.25, -0.2) is 0 Å². The normalized spacial score (nSPS) is 52.0. The minimum absolute atomic E-state index is 0.134. The Hall–Kier alpha value is -0.0800. The van der Waals surface area contributed by atoms with Gasteiger partial charge in [-0.2, -0.15) is 0 Å². The summed E-state index contributed by atoms with van der Waals surface area (Å²) < 4.78 is 6.30. The van der Waals surface area contributed by atoms with Crippen LogP contribution in [0.4, 0.5) is 0 Å². The van der Waals surface area contributed by atoms with E-state index < -0.39 is 0 Å². The largest absolute Gasteiger partial charge is 0.393 e. The molecular formula is C30H52O2. The number of aliphatic hydroxyl groups is 1. The first kappa shape index (κ1) is 23.7. The Kier molecular flexibility index (Phi) is 5.89. The molecule has 32 heavy (non-hydrogen) atoms. The average Bonchev–Trinajstić information content (AvgIpc) is 3.24. The summed E-state index contributed by atoms with van der Waals surface area (Å²) in [5, 5.41) is 11.1. The van der Waals surface area contributed by atoms with Crippen LogP contribution >= 0.6 is 0 Å². The summed E-state index contributed by atoms with van der Waals surface area (Å²) in [4.78, 5) is 0. The number of hydrogen-bond donors (Lipinski definition) is 1. The second-order valence-corrected chi connectivity index (χ2v) is 14.1.